The largest absolute Gasteiger partial charge is 0.495 e. The lowest BCUT2D eigenvalue weighted by molar-refractivity contribution is 0.101. The standard InChI is InChI=1S/C11H14BrF2NO2/c1-15-9(11(13)14)6-4-5-7(16-2)8(12)10(6)17-3/h4-5,9,11,15H,1-3H3. The number of halogens is 3. The Bertz CT molecular complexity index is 388. The molecule has 1 atom stereocenters. The van der Waals surface area contributed by atoms with Gasteiger partial charge in [0.1, 0.15) is 16.0 Å². The third kappa shape index (κ3) is 2.87. The summed E-state index contributed by atoms with van der Waals surface area (Å²) in [6, 6.07) is 2.11. The Labute approximate surface area is 107 Å². The second-order valence-corrected chi connectivity index (χ2v) is 4.10. The summed E-state index contributed by atoms with van der Waals surface area (Å²) in [6.45, 7) is 0. The van der Waals surface area contributed by atoms with E-state index >= 15 is 0 Å². The first-order valence-electron chi connectivity index (χ1n) is 4.92. The van der Waals surface area contributed by atoms with Gasteiger partial charge in [0.2, 0.25) is 0 Å². The number of alkyl halides is 2. The summed E-state index contributed by atoms with van der Waals surface area (Å²) in [6.07, 6.45) is -2.52. The molecule has 0 radical (unpaired) electrons. The van der Waals surface area contributed by atoms with Crippen LogP contribution in [0.15, 0.2) is 16.6 Å². The van der Waals surface area contributed by atoms with Gasteiger partial charge < -0.3 is 14.8 Å². The van der Waals surface area contributed by atoms with Crippen LogP contribution in [0, 0.1) is 0 Å². The SMILES string of the molecule is CNC(c1ccc(OC)c(Br)c1OC)C(F)F. The van der Waals surface area contributed by atoms with Crippen LogP contribution in [0.5, 0.6) is 11.5 Å². The molecule has 1 N–H and O–H groups in total. The van der Waals surface area contributed by atoms with Crippen molar-refractivity contribution in [2.75, 3.05) is 21.3 Å². The molecule has 96 valence electrons. The van der Waals surface area contributed by atoms with Gasteiger partial charge in [-0.1, -0.05) is 0 Å². The Morgan fingerprint density at radius 1 is 1.24 bits per heavy atom. The van der Waals surface area contributed by atoms with Gasteiger partial charge in [0.15, 0.2) is 0 Å². The van der Waals surface area contributed by atoms with E-state index in [1.807, 2.05) is 0 Å². The van der Waals surface area contributed by atoms with Gasteiger partial charge in [-0.2, -0.15) is 0 Å². The molecule has 0 aliphatic carbocycles. The quantitative estimate of drug-likeness (QED) is 0.907. The van der Waals surface area contributed by atoms with Crippen molar-refractivity contribution in [2.24, 2.45) is 0 Å². The lowest BCUT2D eigenvalue weighted by Crippen LogP contribution is -2.24. The van der Waals surface area contributed by atoms with E-state index < -0.39 is 12.5 Å². The van der Waals surface area contributed by atoms with Crippen molar-refractivity contribution in [3.63, 3.8) is 0 Å². The van der Waals surface area contributed by atoms with Crippen molar-refractivity contribution in [3.05, 3.63) is 22.2 Å². The first-order chi connectivity index (χ1) is 8.06. The molecule has 6 heteroatoms. The van der Waals surface area contributed by atoms with Crippen LogP contribution in [0.1, 0.15) is 11.6 Å². The van der Waals surface area contributed by atoms with Crippen LogP contribution < -0.4 is 14.8 Å². The first kappa shape index (κ1) is 14.2. The number of methoxy groups -OCH3 is 2. The van der Waals surface area contributed by atoms with Gasteiger partial charge in [-0.25, -0.2) is 8.78 Å². The molecule has 1 unspecified atom stereocenters. The summed E-state index contributed by atoms with van der Waals surface area (Å²) in [7, 11) is 4.41. The number of benzene rings is 1. The maximum atomic E-state index is 12.9. The van der Waals surface area contributed by atoms with Crippen molar-refractivity contribution in [1.29, 1.82) is 0 Å². The number of nitrogens with one attached hydrogen (secondary N) is 1. The van der Waals surface area contributed by atoms with E-state index in [1.165, 1.54) is 21.3 Å². The molecule has 3 nitrogen and oxygen atoms in total. The average molecular weight is 310 g/mol. The van der Waals surface area contributed by atoms with Crippen LogP contribution in [0.2, 0.25) is 0 Å². The highest BCUT2D eigenvalue weighted by Gasteiger charge is 2.26. The second-order valence-electron chi connectivity index (χ2n) is 3.31. The molecule has 0 fully saturated rings. The van der Waals surface area contributed by atoms with Gasteiger partial charge >= 0.3 is 0 Å². The minimum atomic E-state index is -2.52. The molecule has 0 saturated heterocycles. The highest BCUT2D eigenvalue weighted by Crippen LogP contribution is 2.40. The van der Waals surface area contributed by atoms with E-state index in [0.29, 0.717) is 21.5 Å². The summed E-state index contributed by atoms with van der Waals surface area (Å²) in [5, 5.41) is 2.57. The Morgan fingerprint density at radius 3 is 2.29 bits per heavy atom. The van der Waals surface area contributed by atoms with Gasteiger partial charge in [0, 0.05) is 5.56 Å². The number of rotatable bonds is 5. The van der Waals surface area contributed by atoms with E-state index in [-0.39, 0.29) is 0 Å². The van der Waals surface area contributed by atoms with Crippen molar-refractivity contribution in [1.82, 2.24) is 5.32 Å². The van der Waals surface area contributed by atoms with Crippen LogP contribution in [0.4, 0.5) is 8.78 Å². The van der Waals surface area contributed by atoms with Gasteiger partial charge in [-0.15, -0.1) is 0 Å². The summed E-state index contributed by atoms with van der Waals surface area (Å²) < 4.78 is 36.5. The van der Waals surface area contributed by atoms with Crippen LogP contribution in [0.3, 0.4) is 0 Å². The van der Waals surface area contributed by atoms with Crippen LogP contribution in [0.25, 0.3) is 0 Å². The summed E-state index contributed by atoms with van der Waals surface area (Å²) >= 11 is 3.28. The van der Waals surface area contributed by atoms with Crippen molar-refractivity contribution in [2.45, 2.75) is 12.5 Å². The molecule has 1 rings (SSSR count). The normalized spacial score (nSPS) is 12.6. The van der Waals surface area contributed by atoms with E-state index in [9.17, 15) is 8.78 Å². The summed E-state index contributed by atoms with van der Waals surface area (Å²) in [5.41, 5.74) is 0.387. The molecule has 0 aliphatic heterocycles. The van der Waals surface area contributed by atoms with E-state index in [2.05, 4.69) is 21.2 Å². The second kappa shape index (κ2) is 6.16. The maximum Gasteiger partial charge on any atom is 0.257 e. The van der Waals surface area contributed by atoms with Crippen molar-refractivity contribution >= 4 is 15.9 Å². The Balaban J connectivity index is 3.29. The average Bonchev–Trinajstić information content (AvgIpc) is 2.30. The zero-order chi connectivity index (χ0) is 13.0. The molecule has 17 heavy (non-hydrogen) atoms. The smallest absolute Gasteiger partial charge is 0.257 e. The minimum Gasteiger partial charge on any atom is -0.495 e. The van der Waals surface area contributed by atoms with E-state index in [0.717, 1.165) is 0 Å². The van der Waals surface area contributed by atoms with Crippen molar-refractivity contribution < 1.29 is 18.3 Å². The highest BCUT2D eigenvalue weighted by atomic mass is 79.9. The monoisotopic (exact) mass is 309 g/mol. The first-order valence-corrected chi connectivity index (χ1v) is 5.71. The Hall–Kier alpha value is -0.880. The fraction of sp³-hybridized carbons (Fsp3) is 0.455. The molecule has 0 saturated carbocycles. The molecular weight excluding hydrogens is 296 g/mol. The number of hydrogen-bond acceptors (Lipinski definition) is 3. The minimum absolute atomic E-state index is 0.351. The van der Waals surface area contributed by atoms with E-state index in [4.69, 9.17) is 9.47 Å². The lowest BCUT2D eigenvalue weighted by Gasteiger charge is -2.20. The van der Waals surface area contributed by atoms with Crippen molar-refractivity contribution in [3.8, 4) is 11.5 Å². The molecule has 0 spiro atoms. The third-order valence-electron chi connectivity index (χ3n) is 2.41. The molecule has 1 aromatic rings. The van der Waals surface area contributed by atoms with Gasteiger partial charge in [-0.05, 0) is 35.1 Å². The zero-order valence-electron chi connectivity index (χ0n) is 9.76. The Morgan fingerprint density at radius 2 is 1.88 bits per heavy atom. The van der Waals surface area contributed by atoms with Gasteiger partial charge in [0.05, 0.1) is 20.3 Å². The zero-order valence-corrected chi connectivity index (χ0v) is 11.3. The highest BCUT2D eigenvalue weighted by molar-refractivity contribution is 9.10. The topological polar surface area (TPSA) is 30.5 Å². The molecule has 0 aromatic heterocycles. The predicted octanol–water partition coefficient (Wildman–Crippen LogP) is 2.99. The van der Waals surface area contributed by atoms with Crippen LogP contribution in [-0.2, 0) is 0 Å². The van der Waals surface area contributed by atoms with Crippen LogP contribution >= 0.6 is 15.9 Å². The number of ether oxygens (including phenoxy) is 2. The molecule has 0 heterocycles. The molecule has 0 bridgehead atoms. The van der Waals surface area contributed by atoms with Gasteiger partial charge in [0.25, 0.3) is 6.43 Å². The number of hydrogen-bond donors (Lipinski definition) is 1. The molecular formula is C11H14BrF2NO2. The fourth-order valence-corrected chi connectivity index (χ4v) is 2.26. The lowest BCUT2D eigenvalue weighted by atomic mass is 10.1. The molecule has 0 aliphatic rings. The fourth-order valence-electron chi connectivity index (χ4n) is 1.58. The predicted molar refractivity (Wildman–Crippen MR) is 65.1 cm³/mol. The van der Waals surface area contributed by atoms with E-state index in [1.54, 1.807) is 12.1 Å². The maximum absolute atomic E-state index is 12.9. The molecule has 0 amide bonds. The third-order valence-corrected chi connectivity index (χ3v) is 3.17. The van der Waals surface area contributed by atoms with Crippen LogP contribution in [-0.4, -0.2) is 27.7 Å². The van der Waals surface area contributed by atoms with Gasteiger partial charge in [-0.3, -0.25) is 0 Å². The summed E-state index contributed by atoms with van der Waals surface area (Å²) in [4.78, 5) is 0. The summed E-state index contributed by atoms with van der Waals surface area (Å²) in [5.74, 6) is 0.888. The molecule has 1 aromatic carbocycles. The Kier molecular flexibility index (Phi) is 5.14.